The van der Waals surface area contributed by atoms with E-state index < -0.39 is 5.92 Å². The van der Waals surface area contributed by atoms with Crippen molar-refractivity contribution in [2.75, 3.05) is 0 Å². The third-order valence-corrected chi connectivity index (χ3v) is 2.03. The van der Waals surface area contributed by atoms with Crippen molar-refractivity contribution >= 4 is 0 Å². The van der Waals surface area contributed by atoms with E-state index >= 15 is 0 Å². The number of rotatable bonds is 1. The molecule has 0 aromatic heterocycles. The van der Waals surface area contributed by atoms with Crippen molar-refractivity contribution in [3.05, 3.63) is 48.1 Å². The molecule has 2 radical (unpaired) electrons. The molecule has 0 fully saturated rings. The van der Waals surface area contributed by atoms with Crippen LogP contribution in [0.2, 0.25) is 0 Å². The average Bonchev–Trinajstić information content (AvgIpc) is 2.30. The molecule has 0 bridgehead atoms. The van der Waals surface area contributed by atoms with E-state index in [-0.39, 0.29) is 0 Å². The van der Waals surface area contributed by atoms with Crippen LogP contribution in [0.25, 0.3) is 0 Å². The van der Waals surface area contributed by atoms with Crippen molar-refractivity contribution in [3.63, 3.8) is 0 Å². The molecule has 1 aromatic carbocycles. The highest BCUT2D eigenvalue weighted by molar-refractivity contribution is 5.46. The number of benzene rings is 1. The van der Waals surface area contributed by atoms with Gasteiger partial charge in [0.2, 0.25) is 0 Å². The molecule has 15 heavy (non-hydrogen) atoms. The summed E-state index contributed by atoms with van der Waals surface area (Å²) in [6, 6.07) is 11.1. The minimum atomic E-state index is -0.870. The summed E-state index contributed by atoms with van der Waals surface area (Å²) in [5.74, 6) is 0.0926. The number of ether oxygens (including phenoxy) is 1. The summed E-state index contributed by atoms with van der Waals surface area (Å²) < 4.78 is 5.43. The quantitative estimate of drug-likeness (QED) is 0.687. The van der Waals surface area contributed by atoms with Crippen LogP contribution in [0.1, 0.15) is 5.56 Å². The Bertz CT molecular complexity index is 477. The van der Waals surface area contributed by atoms with Crippen molar-refractivity contribution in [1.82, 2.24) is 0 Å². The summed E-state index contributed by atoms with van der Waals surface area (Å²) in [6.45, 7) is 0. The lowest BCUT2D eigenvalue weighted by atomic mass is 10.0. The van der Waals surface area contributed by atoms with E-state index in [9.17, 15) is 0 Å². The zero-order valence-corrected chi connectivity index (χ0v) is 7.77. The topological polar surface area (TPSA) is 56.8 Å². The maximum atomic E-state index is 8.71. The van der Waals surface area contributed by atoms with Gasteiger partial charge in [0, 0.05) is 12.0 Å². The van der Waals surface area contributed by atoms with E-state index in [4.69, 9.17) is 15.3 Å². The molecule has 2 rings (SSSR count). The highest BCUT2D eigenvalue weighted by atomic mass is 16.5. The number of nitriles is 2. The van der Waals surface area contributed by atoms with Gasteiger partial charge in [0.15, 0.2) is 5.92 Å². The fourth-order valence-electron chi connectivity index (χ4n) is 1.28. The van der Waals surface area contributed by atoms with Crippen LogP contribution in [-0.2, 0) is 0 Å². The van der Waals surface area contributed by atoms with Crippen LogP contribution in [0, 0.1) is 35.0 Å². The lowest BCUT2D eigenvalue weighted by Gasteiger charge is -2.17. The fourth-order valence-corrected chi connectivity index (χ4v) is 1.28. The van der Waals surface area contributed by atoms with Crippen molar-refractivity contribution < 1.29 is 4.74 Å². The number of hydrogen-bond acceptors (Lipinski definition) is 3. The molecule has 0 N–H and O–H groups in total. The summed E-state index contributed by atoms with van der Waals surface area (Å²) in [7, 11) is 0. The first kappa shape index (κ1) is 9.30. The molecule has 0 unspecified atom stereocenters. The second kappa shape index (κ2) is 3.86. The lowest BCUT2D eigenvalue weighted by Crippen LogP contribution is -2.10. The Morgan fingerprint density at radius 3 is 2.67 bits per heavy atom. The highest BCUT2D eigenvalue weighted by Crippen LogP contribution is 2.29. The molecule has 0 saturated carbocycles. The lowest BCUT2D eigenvalue weighted by molar-refractivity contribution is 0.389. The standard InChI is InChI=1S/C12H6N2O/c13-7-10(8-14)12-6-5-9-3-1-2-4-11(9)15-12/h1-4,6,10H. The van der Waals surface area contributed by atoms with Crippen LogP contribution in [0.3, 0.4) is 0 Å². The molecule has 0 atom stereocenters. The van der Waals surface area contributed by atoms with Gasteiger partial charge in [0.1, 0.15) is 11.5 Å². The Morgan fingerprint density at radius 1 is 1.20 bits per heavy atom. The summed E-state index contributed by atoms with van der Waals surface area (Å²) in [5.41, 5.74) is 0.830. The SMILES string of the molecule is N#CC(C#N)C1=C[C]c2ccccc2O1. The zero-order valence-electron chi connectivity index (χ0n) is 7.77. The van der Waals surface area contributed by atoms with E-state index in [1.165, 1.54) is 0 Å². The summed E-state index contributed by atoms with van der Waals surface area (Å²) in [4.78, 5) is 0. The number of hydrogen-bond donors (Lipinski definition) is 0. The van der Waals surface area contributed by atoms with Gasteiger partial charge >= 0.3 is 0 Å². The Kier molecular flexibility index (Phi) is 2.39. The smallest absolute Gasteiger partial charge is 0.190 e. The number of fused-ring (bicyclic) bond motifs is 1. The van der Waals surface area contributed by atoms with E-state index in [2.05, 4.69) is 6.42 Å². The first-order valence-electron chi connectivity index (χ1n) is 4.38. The van der Waals surface area contributed by atoms with Gasteiger partial charge in [-0.25, -0.2) is 0 Å². The minimum absolute atomic E-state index is 0.332. The van der Waals surface area contributed by atoms with E-state index in [1.54, 1.807) is 12.1 Å². The molecule has 0 saturated heterocycles. The second-order valence-electron chi connectivity index (χ2n) is 2.98. The van der Waals surface area contributed by atoms with Gasteiger partial charge in [0.05, 0.1) is 12.1 Å². The number of allylic oxidation sites excluding steroid dienone is 2. The number of para-hydroxylation sites is 1. The summed E-state index contributed by atoms with van der Waals surface area (Å²) in [5, 5.41) is 17.4. The molecule has 3 heteroatoms. The van der Waals surface area contributed by atoms with Gasteiger partial charge in [-0.15, -0.1) is 0 Å². The largest absolute Gasteiger partial charge is 0.459 e. The van der Waals surface area contributed by atoms with Gasteiger partial charge in [-0.1, -0.05) is 18.2 Å². The first-order chi connectivity index (χ1) is 7.35. The molecule has 1 heterocycles. The van der Waals surface area contributed by atoms with E-state index in [0.717, 1.165) is 5.56 Å². The van der Waals surface area contributed by atoms with Gasteiger partial charge in [-0.3, -0.25) is 0 Å². The average molecular weight is 194 g/mol. The molecule has 0 spiro atoms. The van der Waals surface area contributed by atoms with Crippen molar-refractivity contribution in [2.45, 2.75) is 0 Å². The van der Waals surface area contributed by atoms with Crippen LogP contribution < -0.4 is 4.74 Å². The molecule has 0 aliphatic carbocycles. The van der Waals surface area contributed by atoms with E-state index in [1.807, 2.05) is 30.3 Å². The molecule has 1 aliphatic rings. The highest BCUT2D eigenvalue weighted by Gasteiger charge is 2.20. The maximum Gasteiger partial charge on any atom is 0.190 e. The Hall–Kier alpha value is -2.26. The molecular formula is C12H6N2O. The Balaban J connectivity index is 2.28. The van der Waals surface area contributed by atoms with Gasteiger partial charge in [-0.05, 0) is 12.1 Å². The zero-order chi connectivity index (χ0) is 10.7. The van der Waals surface area contributed by atoms with Crippen LogP contribution in [-0.4, -0.2) is 0 Å². The van der Waals surface area contributed by atoms with Gasteiger partial charge in [-0.2, -0.15) is 10.5 Å². The fraction of sp³-hybridized carbons (Fsp3) is 0.0833. The number of nitrogens with zero attached hydrogens (tertiary/aromatic N) is 2. The molecule has 70 valence electrons. The summed E-state index contributed by atoms with van der Waals surface area (Å²) >= 11 is 0. The van der Waals surface area contributed by atoms with Crippen LogP contribution in [0.4, 0.5) is 0 Å². The first-order valence-corrected chi connectivity index (χ1v) is 4.38. The molecular weight excluding hydrogens is 188 g/mol. The maximum absolute atomic E-state index is 8.71. The monoisotopic (exact) mass is 194 g/mol. The van der Waals surface area contributed by atoms with Crippen LogP contribution in [0.15, 0.2) is 36.1 Å². The Labute approximate surface area is 87.8 Å². The van der Waals surface area contributed by atoms with Crippen molar-refractivity contribution in [2.24, 2.45) is 5.92 Å². The molecule has 1 aliphatic heterocycles. The third-order valence-electron chi connectivity index (χ3n) is 2.03. The van der Waals surface area contributed by atoms with Crippen molar-refractivity contribution in [1.29, 1.82) is 10.5 Å². The molecule has 1 aromatic rings. The predicted octanol–water partition coefficient (Wildman–Crippen LogP) is 2.06. The van der Waals surface area contributed by atoms with Crippen LogP contribution in [0.5, 0.6) is 5.75 Å². The Morgan fingerprint density at radius 2 is 1.93 bits per heavy atom. The molecule has 0 amide bonds. The summed E-state index contributed by atoms with van der Waals surface area (Å²) in [6.07, 6.45) is 4.51. The van der Waals surface area contributed by atoms with E-state index in [0.29, 0.717) is 11.5 Å². The normalized spacial score (nSPS) is 13.1. The molecule has 3 nitrogen and oxygen atoms in total. The van der Waals surface area contributed by atoms with Gasteiger partial charge < -0.3 is 4.74 Å². The third kappa shape index (κ3) is 1.68. The minimum Gasteiger partial charge on any atom is -0.459 e. The van der Waals surface area contributed by atoms with Gasteiger partial charge in [0.25, 0.3) is 0 Å². The van der Waals surface area contributed by atoms with Crippen molar-refractivity contribution in [3.8, 4) is 17.9 Å². The van der Waals surface area contributed by atoms with Crippen LogP contribution >= 0.6 is 0 Å². The second-order valence-corrected chi connectivity index (χ2v) is 2.98. The predicted molar refractivity (Wildman–Crippen MR) is 52.2 cm³/mol.